The molecular weight excluding hydrogens is 461 g/mol. The molecule has 1 amide bonds. The van der Waals surface area contributed by atoms with Gasteiger partial charge in [0.1, 0.15) is 6.04 Å². The van der Waals surface area contributed by atoms with Crippen molar-refractivity contribution >= 4 is 11.9 Å². The molecule has 2 aromatic carbocycles. The van der Waals surface area contributed by atoms with Gasteiger partial charge in [-0.25, -0.2) is 4.79 Å². The molecule has 1 unspecified atom stereocenters. The van der Waals surface area contributed by atoms with E-state index in [-0.39, 0.29) is 5.91 Å². The number of rotatable bonds is 5. The van der Waals surface area contributed by atoms with Crippen LogP contribution in [0.3, 0.4) is 0 Å². The average molecular weight is 486 g/mol. The second-order valence-electron chi connectivity index (χ2n) is 8.27. The fraction of sp³-hybridized carbons (Fsp3) is 0.360. The van der Waals surface area contributed by atoms with Crippen LogP contribution >= 0.6 is 0 Å². The number of nitrogens with two attached hydrogens (primary N) is 1. The van der Waals surface area contributed by atoms with Gasteiger partial charge in [0, 0.05) is 6.42 Å². The zero-order valence-electron chi connectivity index (χ0n) is 18.8. The number of aliphatic carboxylic acids is 1. The van der Waals surface area contributed by atoms with E-state index in [1.54, 1.807) is 12.1 Å². The zero-order chi connectivity index (χ0) is 26.1. The number of nitrogens with zero attached hydrogens (tertiary/aromatic N) is 2. The first kappa shape index (κ1) is 27.4. The van der Waals surface area contributed by atoms with Crippen LogP contribution in [-0.4, -0.2) is 34.7 Å². The highest BCUT2D eigenvalue weighted by atomic mass is 19.4. The van der Waals surface area contributed by atoms with Crippen molar-refractivity contribution in [2.24, 2.45) is 5.73 Å². The number of nitriles is 2. The lowest BCUT2D eigenvalue weighted by molar-refractivity contribution is -0.192. The molecule has 3 rings (SSSR count). The minimum absolute atomic E-state index is 0.215. The standard InChI is InChI=1S/C23H24N4O.C2HF3O2/c24-15-18-6-10-20(11-7-18)19-8-4-17(5-9-19)14-21(16-25)27-22(28)23(26)12-2-1-3-13-23;3-2(4,5)1(6)7/h4-11,21H,1-3,12-14,26H2,(H,27,28);(H,6,7). The monoisotopic (exact) mass is 486 g/mol. The molecule has 1 atom stereocenters. The first-order chi connectivity index (χ1) is 16.5. The van der Waals surface area contributed by atoms with Gasteiger partial charge in [0.15, 0.2) is 0 Å². The van der Waals surface area contributed by atoms with Crippen LogP contribution in [-0.2, 0) is 16.0 Å². The maximum Gasteiger partial charge on any atom is 0.490 e. The molecule has 0 saturated heterocycles. The van der Waals surface area contributed by atoms with Crippen LogP contribution < -0.4 is 11.1 Å². The van der Waals surface area contributed by atoms with Gasteiger partial charge in [0.05, 0.1) is 23.2 Å². The lowest BCUT2D eigenvalue weighted by atomic mass is 9.81. The second-order valence-corrected chi connectivity index (χ2v) is 8.27. The van der Waals surface area contributed by atoms with Gasteiger partial charge in [-0.3, -0.25) is 4.79 Å². The minimum atomic E-state index is -5.08. The van der Waals surface area contributed by atoms with Crippen LogP contribution in [0.5, 0.6) is 0 Å². The summed E-state index contributed by atoms with van der Waals surface area (Å²) in [7, 11) is 0. The van der Waals surface area contributed by atoms with Gasteiger partial charge in [-0.15, -0.1) is 0 Å². The summed E-state index contributed by atoms with van der Waals surface area (Å²) < 4.78 is 31.7. The Labute approximate surface area is 201 Å². The SMILES string of the molecule is N#Cc1ccc(-c2ccc(CC(C#N)NC(=O)C3(N)CCCCC3)cc2)cc1.O=C(O)C(F)(F)F. The maximum absolute atomic E-state index is 12.6. The van der Waals surface area contributed by atoms with Crippen molar-refractivity contribution in [3.63, 3.8) is 0 Å². The molecule has 1 aliphatic carbocycles. The Hall–Kier alpha value is -3.89. The van der Waals surface area contributed by atoms with E-state index in [4.69, 9.17) is 20.9 Å². The lowest BCUT2D eigenvalue weighted by Gasteiger charge is -2.32. The summed E-state index contributed by atoms with van der Waals surface area (Å²) in [5.41, 5.74) is 9.08. The van der Waals surface area contributed by atoms with Gasteiger partial charge in [-0.2, -0.15) is 23.7 Å². The van der Waals surface area contributed by atoms with Crippen LogP contribution in [0.15, 0.2) is 48.5 Å². The Morgan fingerprint density at radius 2 is 1.49 bits per heavy atom. The molecule has 1 aliphatic rings. The molecule has 1 fully saturated rings. The molecule has 1 saturated carbocycles. The number of carbonyl (C=O) groups excluding carboxylic acids is 1. The van der Waals surface area contributed by atoms with Crippen LogP contribution in [0.1, 0.15) is 43.2 Å². The predicted molar refractivity (Wildman–Crippen MR) is 122 cm³/mol. The van der Waals surface area contributed by atoms with Crippen molar-refractivity contribution in [1.82, 2.24) is 5.32 Å². The lowest BCUT2D eigenvalue weighted by Crippen LogP contribution is -2.57. The number of benzene rings is 2. The van der Waals surface area contributed by atoms with Crippen molar-refractivity contribution in [3.8, 4) is 23.3 Å². The molecule has 7 nitrogen and oxygen atoms in total. The Morgan fingerprint density at radius 3 is 1.91 bits per heavy atom. The summed E-state index contributed by atoms with van der Waals surface area (Å²) in [6.07, 6.45) is -0.270. The van der Waals surface area contributed by atoms with Crippen molar-refractivity contribution in [2.45, 2.75) is 56.3 Å². The predicted octanol–water partition coefficient (Wildman–Crippen LogP) is 4.07. The maximum atomic E-state index is 12.6. The van der Waals surface area contributed by atoms with Gasteiger partial charge in [-0.05, 0) is 41.7 Å². The third kappa shape index (κ3) is 8.13. The summed E-state index contributed by atoms with van der Waals surface area (Å²) in [5, 5.41) is 28.3. The van der Waals surface area contributed by atoms with Crippen molar-refractivity contribution in [3.05, 3.63) is 59.7 Å². The van der Waals surface area contributed by atoms with E-state index in [9.17, 15) is 23.2 Å². The van der Waals surface area contributed by atoms with Crippen LogP contribution in [0.2, 0.25) is 0 Å². The van der Waals surface area contributed by atoms with Crippen LogP contribution in [0.25, 0.3) is 11.1 Å². The molecule has 0 aromatic heterocycles. The summed E-state index contributed by atoms with van der Waals surface area (Å²) >= 11 is 0. The van der Waals surface area contributed by atoms with Crippen molar-refractivity contribution < 1.29 is 27.9 Å². The molecular formula is C25H25F3N4O3. The number of hydrogen-bond acceptors (Lipinski definition) is 5. The molecule has 0 heterocycles. The number of hydrogen-bond donors (Lipinski definition) is 3. The molecule has 2 aromatic rings. The molecule has 0 radical (unpaired) electrons. The van der Waals surface area contributed by atoms with E-state index in [1.807, 2.05) is 36.4 Å². The number of amides is 1. The first-order valence-corrected chi connectivity index (χ1v) is 10.9. The molecule has 0 bridgehead atoms. The number of carbonyl (C=O) groups is 2. The number of alkyl halides is 3. The van der Waals surface area contributed by atoms with Gasteiger partial charge < -0.3 is 16.2 Å². The van der Waals surface area contributed by atoms with Crippen LogP contribution in [0, 0.1) is 22.7 Å². The van der Waals surface area contributed by atoms with E-state index in [1.165, 1.54) is 0 Å². The van der Waals surface area contributed by atoms with E-state index in [0.29, 0.717) is 24.8 Å². The average Bonchev–Trinajstić information content (AvgIpc) is 2.84. The van der Waals surface area contributed by atoms with Gasteiger partial charge in [0.25, 0.3) is 0 Å². The summed E-state index contributed by atoms with van der Waals surface area (Å²) in [4.78, 5) is 21.5. The molecule has 0 aliphatic heterocycles. The van der Waals surface area contributed by atoms with Gasteiger partial charge in [-0.1, -0.05) is 55.7 Å². The van der Waals surface area contributed by atoms with Crippen LogP contribution in [0.4, 0.5) is 13.2 Å². The molecule has 10 heteroatoms. The number of nitrogens with one attached hydrogen (secondary N) is 1. The zero-order valence-corrected chi connectivity index (χ0v) is 18.8. The largest absolute Gasteiger partial charge is 0.490 e. The highest BCUT2D eigenvalue weighted by molar-refractivity contribution is 5.86. The quantitative estimate of drug-likeness (QED) is 0.582. The second kappa shape index (κ2) is 12.0. The van der Waals surface area contributed by atoms with Crippen molar-refractivity contribution in [2.75, 3.05) is 0 Å². The molecule has 4 N–H and O–H groups in total. The molecule has 35 heavy (non-hydrogen) atoms. The fourth-order valence-electron chi connectivity index (χ4n) is 3.65. The number of carboxylic acids is 1. The normalized spacial score (nSPS) is 15.4. The molecule has 0 spiro atoms. The highest BCUT2D eigenvalue weighted by Crippen LogP contribution is 2.26. The minimum Gasteiger partial charge on any atom is -0.475 e. The molecule has 184 valence electrons. The summed E-state index contributed by atoms with van der Waals surface area (Å²) in [5.74, 6) is -2.97. The summed E-state index contributed by atoms with van der Waals surface area (Å²) in [6.45, 7) is 0. The van der Waals surface area contributed by atoms with Gasteiger partial charge in [0.2, 0.25) is 5.91 Å². The third-order valence-electron chi connectivity index (χ3n) is 5.64. The summed E-state index contributed by atoms with van der Waals surface area (Å²) in [6, 6.07) is 19.0. The first-order valence-electron chi connectivity index (χ1n) is 10.9. The Bertz CT molecular complexity index is 1100. The van der Waals surface area contributed by atoms with E-state index in [0.717, 1.165) is 36.0 Å². The van der Waals surface area contributed by atoms with E-state index < -0.39 is 23.7 Å². The van der Waals surface area contributed by atoms with Gasteiger partial charge >= 0.3 is 12.1 Å². The number of halogens is 3. The third-order valence-corrected chi connectivity index (χ3v) is 5.64. The number of carboxylic acid groups (broad SMARTS) is 1. The Morgan fingerprint density at radius 1 is 1.00 bits per heavy atom. The fourth-order valence-corrected chi connectivity index (χ4v) is 3.65. The highest BCUT2D eigenvalue weighted by Gasteiger charge is 2.38. The Kier molecular flexibility index (Phi) is 9.38. The van der Waals surface area contributed by atoms with Crippen molar-refractivity contribution in [1.29, 1.82) is 10.5 Å². The topological polar surface area (TPSA) is 140 Å². The van der Waals surface area contributed by atoms with E-state index in [2.05, 4.69) is 17.5 Å². The smallest absolute Gasteiger partial charge is 0.475 e. The van der Waals surface area contributed by atoms with E-state index >= 15 is 0 Å². The Balaban J connectivity index is 0.000000540.